The second kappa shape index (κ2) is 4.17. The molecule has 0 radical (unpaired) electrons. The molecule has 0 saturated carbocycles. The maximum Gasteiger partial charge on any atom is 0.0411 e. The summed E-state index contributed by atoms with van der Waals surface area (Å²) in [5, 5.41) is 0. The maximum absolute atomic E-state index is 5.32. The van der Waals surface area contributed by atoms with Crippen LogP contribution in [0.4, 0.5) is 0 Å². The van der Waals surface area contributed by atoms with Gasteiger partial charge in [-0.1, -0.05) is 12.2 Å². The van der Waals surface area contributed by atoms with E-state index < -0.39 is 0 Å². The van der Waals surface area contributed by atoms with Gasteiger partial charge >= 0.3 is 0 Å². The maximum atomic E-state index is 5.32. The first kappa shape index (κ1) is 9.30. The first-order valence-electron chi connectivity index (χ1n) is 3.00. The molecular weight excluding hydrogens is 144 g/mol. The highest BCUT2D eigenvalue weighted by Crippen LogP contribution is 1.99. The molecule has 0 aromatic heterocycles. The number of rotatable bonds is 2. The third kappa shape index (κ3) is 2.27. The van der Waals surface area contributed by atoms with Crippen LogP contribution in [0.2, 0.25) is 0 Å². The highest BCUT2D eigenvalue weighted by atomic mass is 32.1. The number of allylic oxidation sites excluding steroid dienone is 1. The van der Waals surface area contributed by atoms with Crippen molar-refractivity contribution in [2.75, 3.05) is 7.05 Å². The number of nitrogens with zero attached hydrogens (tertiary/aromatic N) is 1. The summed E-state index contributed by atoms with van der Waals surface area (Å²) in [5.74, 6) is 0. The minimum atomic E-state index is 0.783. The Balaban J connectivity index is 4.56. The fourth-order valence-electron chi connectivity index (χ4n) is 0.613. The van der Waals surface area contributed by atoms with Gasteiger partial charge in [-0.25, -0.2) is 0 Å². The normalized spacial score (nSPS) is 13.5. The fourth-order valence-corrected chi connectivity index (χ4v) is 0.829. The Morgan fingerprint density at radius 1 is 1.50 bits per heavy atom. The van der Waals surface area contributed by atoms with Crippen LogP contribution in [0.1, 0.15) is 13.8 Å². The van der Waals surface area contributed by atoms with Crippen molar-refractivity contribution >= 4 is 22.8 Å². The Bertz CT molecular complexity index is 192. The van der Waals surface area contributed by atoms with Gasteiger partial charge in [0.15, 0.2) is 0 Å². The minimum Gasteiger partial charge on any atom is -0.404 e. The van der Waals surface area contributed by atoms with E-state index in [9.17, 15) is 0 Å². The van der Waals surface area contributed by atoms with Gasteiger partial charge in [0.1, 0.15) is 0 Å². The predicted molar refractivity (Wildman–Crippen MR) is 49.6 cm³/mol. The van der Waals surface area contributed by atoms with Gasteiger partial charge in [0.05, 0.1) is 0 Å². The molecule has 0 aliphatic heterocycles. The number of hydrogen-bond donors (Lipinski definition) is 1. The molecule has 0 aliphatic rings. The van der Waals surface area contributed by atoms with E-state index in [4.69, 9.17) is 18.0 Å². The van der Waals surface area contributed by atoms with Gasteiger partial charge in [-0.3, -0.25) is 4.99 Å². The van der Waals surface area contributed by atoms with Crippen molar-refractivity contribution in [3.63, 3.8) is 0 Å². The number of thiocarbonyl (C=S) groups is 1. The average molecular weight is 156 g/mol. The van der Waals surface area contributed by atoms with Crippen molar-refractivity contribution in [3.8, 4) is 0 Å². The zero-order valence-electron chi connectivity index (χ0n) is 6.51. The lowest BCUT2D eigenvalue weighted by atomic mass is 10.1. The zero-order chi connectivity index (χ0) is 8.15. The molecule has 2 nitrogen and oxygen atoms in total. The molecule has 0 spiro atoms. The first-order valence-corrected chi connectivity index (χ1v) is 3.41. The van der Waals surface area contributed by atoms with Gasteiger partial charge in [-0.05, 0) is 13.8 Å². The highest BCUT2D eigenvalue weighted by Gasteiger charge is 2.00. The Hall–Kier alpha value is -0.700. The Labute approximate surface area is 66.8 Å². The average Bonchev–Trinajstić information content (AvgIpc) is 1.88. The van der Waals surface area contributed by atoms with Crippen molar-refractivity contribution in [2.45, 2.75) is 13.8 Å². The predicted octanol–water partition coefficient (Wildman–Crippen LogP) is 1.31. The number of aliphatic imine (C=N–C) groups is 1. The molecule has 0 aliphatic carbocycles. The minimum absolute atomic E-state index is 0.783. The molecule has 2 N–H and O–H groups in total. The molecule has 0 atom stereocenters. The molecule has 3 heteroatoms. The molecule has 0 saturated heterocycles. The van der Waals surface area contributed by atoms with Crippen molar-refractivity contribution in [2.24, 2.45) is 10.7 Å². The van der Waals surface area contributed by atoms with Crippen LogP contribution in [0.25, 0.3) is 0 Å². The lowest BCUT2D eigenvalue weighted by Gasteiger charge is -2.01. The van der Waals surface area contributed by atoms with E-state index in [1.54, 1.807) is 7.05 Å². The van der Waals surface area contributed by atoms with Gasteiger partial charge < -0.3 is 5.73 Å². The summed E-state index contributed by atoms with van der Waals surface area (Å²) in [5.41, 5.74) is 7.06. The summed E-state index contributed by atoms with van der Waals surface area (Å²) in [6.07, 6.45) is 1.49. The van der Waals surface area contributed by atoms with Crippen LogP contribution in [-0.2, 0) is 0 Å². The summed E-state index contributed by atoms with van der Waals surface area (Å²) in [6.45, 7) is 3.72. The van der Waals surface area contributed by atoms with Crippen LogP contribution in [0, 0.1) is 0 Å². The SMILES string of the molecule is C/N=C(C)\C(=C/N)C(C)=S. The molecule has 0 unspecified atom stereocenters. The molecule has 0 fully saturated rings. The Kier molecular flexibility index (Phi) is 3.88. The van der Waals surface area contributed by atoms with E-state index in [2.05, 4.69) is 4.99 Å². The molecule has 0 rings (SSSR count). The second-order valence-corrected chi connectivity index (χ2v) is 2.56. The monoisotopic (exact) mass is 156 g/mol. The third-order valence-corrected chi connectivity index (χ3v) is 1.49. The lowest BCUT2D eigenvalue weighted by Crippen LogP contribution is -2.07. The third-order valence-electron chi connectivity index (χ3n) is 1.27. The fraction of sp³-hybridized carbons (Fsp3) is 0.429. The quantitative estimate of drug-likeness (QED) is 0.372. The lowest BCUT2D eigenvalue weighted by molar-refractivity contribution is 1.41. The molecular formula is C7H12N2S. The van der Waals surface area contributed by atoms with E-state index in [-0.39, 0.29) is 0 Å². The van der Waals surface area contributed by atoms with Gasteiger partial charge in [-0.2, -0.15) is 0 Å². The highest BCUT2D eigenvalue weighted by molar-refractivity contribution is 7.80. The molecule has 56 valence electrons. The van der Waals surface area contributed by atoms with Crippen LogP contribution in [0.15, 0.2) is 16.8 Å². The number of hydrogen-bond acceptors (Lipinski definition) is 3. The second-order valence-electron chi connectivity index (χ2n) is 1.95. The number of nitrogens with two attached hydrogens (primary N) is 1. The summed E-state index contributed by atoms with van der Waals surface area (Å²) in [6, 6.07) is 0. The largest absolute Gasteiger partial charge is 0.404 e. The Morgan fingerprint density at radius 2 is 2.00 bits per heavy atom. The van der Waals surface area contributed by atoms with Crippen LogP contribution < -0.4 is 5.73 Å². The van der Waals surface area contributed by atoms with E-state index in [0.29, 0.717) is 0 Å². The molecule has 10 heavy (non-hydrogen) atoms. The summed E-state index contributed by atoms with van der Waals surface area (Å²) in [4.78, 5) is 4.74. The van der Waals surface area contributed by atoms with E-state index in [1.807, 2.05) is 13.8 Å². The molecule has 0 heterocycles. The topological polar surface area (TPSA) is 38.4 Å². The standard InChI is InChI=1S/C7H12N2S/c1-5(9-3)7(4-8)6(2)10/h4H,8H2,1-3H3/b7-4+,9-5-. The van der Waals surface area contributed by atoms with Crippen molar-refractivity contribution in [3.05, 3.63) is 11.8 Å². The van der Waals surface area contributed by atoms with Gasteiger partial charge in [-0.15, -0.1) is 0 Å². The van der Waals surface area contributed by atoms with Crippen molar-refractivity contribution in [1.29, 1.82) is 0 Å². The molecule has 0 amide bonds. The Morgan fingerprint density at radius 3 is 2.10 bits per heavy atom. The summed E-state index contributed by atoms with van der Waals surface area (Å²) < 4.78 is 0. The van der Waals surface area contributed by atoms with Crippen molar-refractivity contribution < 1.29 is 0 Å². The van der Waals surface area contributed by atoms with Crippen LogP contribution >= 0.6 is 12.2 Å². The zero-order valence-corrected chi connectivity index (χ0v) is 7.33. The van der Waals surface area contributed by atoms with Crippen LogP contribution in [0.3, 0.4) is 0 Å². The van der Waals surface area contributed by atoms with Crippen molar-refractivity contribution in [1.82, 2.24) is 0 Å². The molecule has 0 bridgehead atoms. The van der Waals surface area contributed by atoms with Crippen LogP contribution in [0.5, 0.6) is 0 Å². The van der Waals surface area contributed by atoms with Gasteiger partial charge in [0.2, 0.25) is 0 Å². The molecule has 0 aromatic carbocycles. The van der Waals surface area contributed by atoms with Crippen LogP contribution in [-0.4, -0.2) is 17.6 Å². The summed E-state index contributed by atoms with van der Waals surface area (Å²) in [7, 11) is 1.72. The van der Waals surface area contributed by atoms with E-state index >= 15 is 0 Å². The van der Waals surface area contributed by atoms with Gasteiger partial charge in [0.25, 0.3) is 0 Å². The van der Waals surface area contributed by atoms with E-state index in [1.165, 1.54) is 6.20 Å². The smallest absolute Gasteiger partial charge is 0.0411 e. The molecule has 0 aromatic rings. The van der Waals surface area contributed by atoms with Gasteiger partial charge in [0, 0.05) is 29.4 Å². The first-order chi connectivity index (χ1) is 4.63. The van der Waals surface area contributed by atoms with E-state index in [0.717, 1.165) is 16.1 Å². The summed E-state index contributed by atoms with van der Waals surface area (Å²) >= 11 is 4.93.